The number of benzene rings is 1. The Morgan fingerprint density at radius 1 is 0.946 bits per heavy atom. The van der Waals surface area contributed by atoms with Crippen molar-refractivity contribution in [1.29, 1.82) is 0 Å². The van der Waals surface area contributed by atoms with E-state index in [9.17, 15) is 14.4 Å². The van der Waals surface area contributed by atoms with Gasteiger partial charge < -0.3 is 20.3 Å². The van der Waals surface area contributed by atoms with Crippen molar-refractivity contribution < 1.29 is 19.1 Å². The van der Waals surface area contributed by atoms with E-state index in [0.29, 0.717) is 6.54 Å². The number of amides is 3. The number of rotatable bonds is 13. The van der Waals surface area contributed by atoms with E-state index < -0.39 is 23.8 Å². The van der Waals surface area contributed by atoms with Gasteiger partial charge in [0.2, 0.25) is 11.8 Å². The molecule has 2 atom stereocenters. The second-order valence-electron chi connectivity index (χ2n) is 11.7. The first-order valence-electron chi connectivity index (χ1n) is 13.8. The lowest BCUT2D eigenvalue weighted by molar-refractivity contribution is -0.143. The zero-order valence-corrected chi connectivity index (χ0v) is 24.9. The van der Waals surface area contributed by atoms with Crippen molar-refractivity contribution in [3.05, 3.63) is 34.9 Å². The van der Waals surface area contributed by atoms with E-state index in [1.54, 1.807) is 25.7 Å². The molecule has 0 spiro atoms. The third-order valence-corrected chi connectivity index (χ3v) is 6.11. The minimum Gasteiger partial charge on any atom is -0.444 e. The number of unbranched alkanes of at least 4 members (excludes halogenated alkanes) is 4. The van der Waals surface area contributed by atoms with Crippen LogP contribution in [0.4, 0.5) is 4.79 Å². The highest BCUT2D eigenvalue weighted by Gasteiger charge is 2.38. The fourth-order valence-electron chi connectivity index (χ4n) is 4.25. The number of hydrogen-bond acceptors (Lipinski definition) is 4. The van der Waals surface area contributed by atoms with Crippen molar-refractivity contribution in [2.24, 2.45) is 5.92 Å². The summed E-state index contributed by atoms with van der Waals surface area (Å²) in [6, 6.07) is 4.27. The fraction of sp³-hybridized carbons (Fsp3) is 0.700. The van der Waals surface area contributed by atoms with Crippen LogP contribution in [0.2, 0.25) is 0 Å². The van der Waals surface area contributed by atoms with Crippen LogP contribution in [0.25, 0.3) is 0 Å². The molecule has 0 saturated heterocycles. The first-order valence-corrected chi connectivity index (χ1v) is 13.8. The second kappa shape index (κ2) is 15.0. The van der Waals surface area contributed by atoms with Gasteiger partial charge in [-0.3, -0.25) is 9.59 Å². The predicted molar refractivity (Wildman–Crippen MR) is 150 cm³/mol. The molecule has 37 heavy (non-hydrogen) atoms. The average molecular weight is 518 g/mol. The highest BCUT2D eigenvalue weighted by molar-refractivity contribution is 5.92. The Kier molecular flexibility index (Phi) is 13.2. The maximum Gasteiger partial charge on any atom is 0.408 e. The standard InChI is InChI=1S/C30H51N3O4/c1-11-12-13-14-15-18-33(28(35)25(20(2)3)32-29(36)37-30(8,9)10)26(27(34)31-21(4)5)24-19-22(6)16-17-23(24)7/h16-17,19-21,25-26H,11-15,18H2,1-10H3,(H,31,34)(H,32,36). The summed E-state index contributed by atoms with van der Waals surface area (Å²) in [7, 11) is 0. The second-order valence-corrected chi connectivity index (χ2v) is 11.7. The van der Waals surface area contributed by atoms with Crippen LogP contribution in [0, 0.1) is 19.8 Å². The summed E-state index contributed by atoms with van der Waals surface area (Å²) in [5.74, 6) is -0.693. The molecule has 1 aromatic carbocycles. The lowest BCUT2D eigenvalue weighted by Crippen LogP contribution is -2.55. The normalized spacial score (nSPS) is 13.3. The van der Waals surface area contributed by atoms with Crippen molar-refractivity contribution >= 4 is 17.9 Å². The number of nitrogens with zero attached hydrogens (tertiary/aromatic N) is 1. The molecule has 0 radical (unpaired) electrons. The Labute approximate surface area is 225 Å². The molecule has 210 valence electrons. The molecular weight excluding hydrogens is 466 g/mol. The highest BCUT2D eigenvalue weighted by atomic mass is 16.6. The number of carbonyl (C=O) groups excluding carboxylic acids is 3. The molecule has 0 bridgehead atoms. The van der Waals surface area contributed by atoms with Gasteiger partial charge in [-0.25, -0.2) is 4.79 Å². The van der Waals surface area contributed by atoms with Crippen molar-refractivity contribution in [2.75, 3.05) is 6.54 Å². The molecule has 1 rings (SSSR count). The lowest BCUT2D eigenvalue weighted by Gasteiger charge is -2.36. The van der Waals surface area contributed by atoms with Gasteiger partial charge in [0.25, 0.3) is 0 Å². The number of alkyl carbamates (subject to hydrolysis) is 1. The lowest BCUT2D eigenvalue weighted by atomic mass is 9.94. The maximum absolute atomic E-state index is 14.2. The Bertz CT molecular complexity index is 889. The average Bonchev–Trinajstić information content (AvgIpc) is 2.76. The molecule has 2 unspecified atom stereocenters. The molecule has 3 amide bonds. The number of nitrogens with one attached hydrogen (secondary N) is 2. The Morgan fingerprint density at radius 2 is 1.57 bits per heavy atom. The van der Waals surface area contributed by atoms with Gasteiger partial charge in [-0.1, -0.05) is 70.2 Å². The van der Waals surface area contributed by atoms with Crippen LogP contribution in [0.3, 0.4) is 0 Å². The summed E-state index contributed by atoms with van der Waals surface area (Å²) in [6.45, 7) is 19.5. The minimum absolute atomic E-state index is 0.0811. The molecule has 0 aliphatic carbocycles. The van der Waals surface area contributed by atoms with Crippen molar-refractivity contribution in [1.82, 2.24) is 15.5 Å². The van der Waals surface area contributed by atoms with Crippen LogP contribution in [0.5, 0.6) is 0 Å². The fourth-order valence-corrected chi connectivity index (χ4v) is 4.25. The van der Waals surface area contributed by atoms with Gasteiger partial charge in [0.1, 0.15) is 17.7 Å². The molecule has 0 aliphatic rings. The smallest absolute Gasteiger partial charge is 0.408 e. The first kappa shape index (κ1) is 32.5. The van der Waals surface area contributed by atoms with Gasteiger partial charge in [0, 0.05) is 12.6 Å². The molecule has 0 aromatic heterocycles. The van der Waals surface area contributed by atoms with Gasteiger partial charge >= 0.3 is 6.09 Å². The van der Waals surface area contributed by atoms with Gasteiger partial charge in [0.05, 0.1) is 0 Å². The van der Waals surface area contributed by atoms with Crippen LogP contribution < -0.4 is 10.6 Å². The topological polar surface area (TPSA) is 87.7 Å². The van der Waals surface area contributed by atoms with Crippen molar-refractivity contribution in [3.8, 4) is 0 Å². The highest BCUT2D eigenvalue weighted by Crippen LogP contribution is 2.28. The molecule has 0 heterocycles. The van der Waals surface area contributed by atoms with E-state index in [2.05, 4.69) is 17.6 Å². The van der Waals surface area contributed by atoms with E-state index in [-0.39, 0.29) is 23.8 Å². The predicted octanol–water partition coefficient (Wildman–Crippen LogP) is 6.22. The molecule has 7 heteroatoms. The van der Waals surface area contributed by atoms with Crippen LogP contribution in [-0.4, -0.2) is 47.0 Å². The first-order chi connectivity index (χ1) is 17.2. The maximum atomic E-state index is 14.2. The Hall–Kier alpha value is -2.57. The van der Waals surface area contributed by atoms with E-state index in [1.807, 2.05) is 59.7 Å². The van der Waals surface area contributed by atoms with Gasteiger partial charge in [-0.05, 0) is 71.9 Å². The Balaban J connectivity index is 3.51. The SMILES string of the molecule is CCCCCCCN(C(=O)C(NC(=O)OC(C)(C)C)C(C)C)C(C(=O)NC(C)C)c1cc(C)ccc1C. The summed E-state index contributed by atoms with van der Waals surface area (Å²) in [6.07, 6.45) is 4.44. The summed E-state index contributed by atoms with van der Waals surface area (Å²) in [4.78, 5) is 42.2. The third-order valence-electron chi connectivity index (χ3n) is 6.11. The molecule has 0 aliphatic heterocycles. The summed E-state index contributed by atoms with van der Waals surface area (Å²) in [5.41, 5.74) is 2.08. The minimum atomic E-state index is -0.829. The molecule has 0 saturated carbocycles. The van der Waals surface area contributed by atoms with Crippen molar-refractivity contribution in [3.63, 3.8) is 0 Å². The van der Waals surface area contributed by atoms with E-state index in [0.717, 1.165) is 48.8 Å². The summed E-state index contributed by atoms with van der Waals surface area (Å²) >= 11 is 0. The largest absolute Gasteiger partial charge is 0.444 e. The molecule has 1 aromatic rings. The van der Waals surface area contributed by atoms with Gasteiger partial charge in [-0.15, -0.1) is 0 Å². The third kappa shape index (κ3) is 11.1. The van der Waals surface area contributed by atoms with Crippen molar-refractivity contribution in [2.45, 2.75) is 125 Å². The molecule has 2 N–H and O–H groups in total. The summed E-state index contributed by atoms with van der Waals surface area (Å²) < 4.78 is 5.45. The number of aryl methyl sites for hydroxylation is 2. The molecular formula is C30H51N3O4. The number of ether oxygens (including phenoxy) is 1. The zero-order valence-electron chi connectivity index (χ0n) is 24.9. The van der Waals surface area contributed by atoms with Crippen LogP contribution in [0.15, 0.2) is 18.2 Å². The van der Waals surface area contributed by atoms with Crippen LogP contribution in [-0.2, 0) is 14.3 Å². The van der Waals surface area contributed by atoms with E-state index in [1.165, 1.54) is 0 Å². The van der Waals surface area contributed by atoms with Crippen LogP contribution in [0.1, 0.15) is 110 Å². The van der Waals surface area contributed by atoms with Crippen LogP contribution >= 0.6 is 0 Å². The monoisotopic (exact) mass is 517 g/mol. The summed E-state index contributed by atoms with van der Waals surface area (Å²) in [5, 5.41) is 5.82. The van der Waals surface area contributed by atoms with E-state index in [4.69, 9.17) is 4.74 Å². The Morgan fingerprint density at radius 3 is 2.11 bits per heavy atom. The molecule has 7 nitrogen and oxygen atoms in total. The quantitative estimate of drug-likeness (QED) is 0.304. The van der Waals surface area contributed by atoms with Gasteiger partial charge in [-0.2, -0.15) is 0 Å². The zero-order chi connectivity index (χ0) is 28.3. The molecule has 0 fully saturated rings. The van der Waals surface area contributed by atoms with E-state index >= 15 is 0 Å². The number of hydrogen-bond donors (Lipinski definition) is 2. The van der Waals surface area contributed by atoms with Gasteiger partial charge in [0.15, 0.2) is 0 Å². The number of carbonyl (C=O) groups is 3.